The maximum Gasteiger partial charge on any atom is 0.264 e. The van der Waals surface area contributed by atoms with Crippen molar-refractivity contribution in [1.82, 2.24) is 15.0 Å². The summed E-state index contributed by atoms with van der Waals surface area (Å²) >= 11 is 6.52. The summed E-state index contributed by atoms with van der Waals surface area (Å²) in [7, 11) is 4.63. The Labute approximate surface area is 224 Å². The highest BCUT2D eigenvalue weighted by Gasteiger charge is 2.28. The molecular formula is C28H30ClN3O6. The van der Waals surface area contributed by atoms with Crippen LogP contribution < -0.4 is 25.1 Å². The summed E-state index contributed by atoms with van der Waals surface area (Å²) in [5.74, 6) is 2.12. The minimum Gasteiger partial charge on any atom is -0.493 e. The highest BCUT2D eigenvalue weighted by molar-refractivity contribution is 6.37. The van der Waals surface area contributed by atoms with Gasteiger partial charge in [0.1, 0.15) is 16.7 Å². The Morgan fingerprint density at radius 2 is 1.87 bits per heavy atom. The van der Waals surface area contributed by atoms with Crippen LogP contribution in [0.2, 0.25) is 5.02 Å². The number of benzene rings is 2. The number of methoxy groups -OCH3 is 3. The number of halogens is 1. The quantitative estimate of drug-likeness (QED) is 0.347. The Balaban J connectivity index is 1.31. The molecule has 4 aromatic rings. The van der Waals surface area contributed by atoms with E-state index in [1.54, 1.807) is 51.0 Å². The molecule has 0 aliphatic heterocycles. The van der Waals surface area contributed by atoms with Gasteiger partial charge in [0.2, 0.25) is 11.7 Å². The number of nitrogens with zero attached hydrogens (tertiary/aromatic N) is 2. The molecule has 2 atom stereocenters. The number of ether oxygens (including phenoxy) is 3. The topological polar surface area (TPSA) is 105 Å². The van der Waals surface area contributed by atoms with Gasteiger partial charge >= 0.3 is 0 Å². The molecule has 1 amide bonds. The lowest BCUT2D eigenvalue weighted by Gasteiger charge is -2.17. The van der Waals surface area contributed by atoms with Crippen LogP contribution in [0.1, 0.15) is 30.6 Å². The average Bonchev–Trinajstić information content (AvgIpc) is 3.51. The number of fused-ring (bicyclic) bond motifs is 3. The molecule has 0 saturated heterocycles. The summed E-state index contributed by atoms with van der Waals surface area (Å²) in [5.41, 5.74) is 1.85. The number of carbonyl (C=O) groups is 1. The molecule has 2 aromatic heterocycles. The molecule has 38 heavy (non-hydrogen) atoms. The van der Waals surface area contributed by atoms with E-state index in [1.165, 1.54) is 0 Å². The Kier molecular flexibility index (Phi) is 7.21. The molecule has 9 nitrogen and oxygen atoms in total. The van der Waals surface area contributed by atoms with Gasteiger partial charge in [-0.15, -0.1) is 0 Å². The summed E-state index contributed by atoms with van der Waals surface area (Å²) in [6, 6.07) is 9.10. The number of hydrogen-bond donors (Lipinski definition) is 1. The van der Waals surface area contributed by atoms with E-state index in [0.29, 0.717) is 50.9 Å². The van der Waals surface area contributed by atoms with Gasteiger partial charge in [-0.1, -0.05) is 22.8 Å². The highest BCUT2D eigenvalue weighted by Crippen LogP contribution is 2.38. The number of rotatable bonds is 8. The monoisotopic (exact) mass is 539 g/mol. The number of aryl methyl sites for hydroxylation is 1. The number of pyridine rings is 1. The molecule has 0 unspecified atom stereocenters. The normalized spacial score (nSPS) is 17.2. The van der Waals surface area contributed by atoms with Gasteiger partial charge in [0.15, 0.2) is 11.5 Å². The summed E-state index contributed by atoms with van der Waals surface area (Å²) in [5, 5.41) is 8.96. The number of nitrogens with one attached hydrogen (secondary N) is 1. The standard InChI is InChI=1S/C28H30ClN3O6/c1-15-24-26(31-38-15)25-19(29)6-5-7-20(25)32(28(24)34)14-16-8-9-18(10-16)30-23(33)13-17-11-21(35-2)27(37-4)22(12-17)36-3/h5-7,11-12,16,18H,8-10,13-14H2,1-4H3,(H,30,33)/t16-,18+/m0/s1. The second-order valence-corrected chi connectivity index (χ2v) is 10.1. The summed E-state index contributed by atoms with van der Waals surface area (Å²) in [6.07, 6.45) is 2.69. The smallest absolute Gasteiger partial charge is 0.264 e. The molecule has 1 saturated carbocycles. The van der Waals surface area contributed by atoms with E-state index in [2.05, 4.69) is 10.5 Å². The number of aromatic nitrogens is 2. The molecule has 1 aliphatic rings. The van der Waals surface area contributed by atoms with Crippen LogP contribution in [0.15, 0.2) is 39.6 Å². The molecule has 1 aliphatic carbocycles. The van der Waals surface area contributed by atoms with Crippen LogP contribution in [-0.4, -0.2) is 43.0 Å². The highest BCUT2D eigenvalue weighted by atomic mass is 35.5. The van der Waals surface area contributed by atoms with Crippen LogP contribution in [0.5, 0.6) is 17.2 Å². The Morgan fingerprint density at radius 3 is 2.55 bits per heavy atom. The third kappa shape index (κ3) is 4.67. The zero-order chi connectivity index (χ0) is 27.0. The number of hydrogen-bond acceptors (Lipinski definition) is 7. The predicted molar refractivity (Wildman–Crippen MR) is 145 cm³/mol. The lowest BCUT2D eigenvalue weighted by molar-refractivity contribution is -0.121. The van der Waals surface area contributed by atoms with Crippen molar-refractivity contribution in [2.45, 2.75) is 45.2 Å². The third-order valence-electron chi connectivity index (χ3n) is 7.28. The summed E-state index contributed by atoms with van der Waals surface area (Å²) < 4.78 is 23.3. The Hall–Kier alpha value is -3.72. The van der Waals surface area contributed by atoms with Crippen LogP contribution in [-0.2, 0) is 17.8 Å². The minimum absolute atomic E-state index is 0.0288. The second kappa shape index (κ2) is 10.6. The van der Waals surface area contributed by atoms with E-state index in [9.17, 15) is 9.59 Å². The first-order valence-corrected chi connectivity index (χ1v) is 12.9. The van der Waals surface area contributed by atoms with Gasteiger partial charge in [-0.05, 0) is 61.9 Å². The van der Waals surface area contributed by atoms with Gasteiger partial charge in [0.05, 0.1) is 38.3 Å². The van der Waals surface area contributed by atoms with E-state index >= 15 is 0 Å². The van der Waals surface area contributed by atoms with E-state index in [-0.39, 0.29) is 29.8 Å². The first kappa shape index (κ1) is 25.9. The van der Waals surface area contributed by atoms with E-state index in [1.807, 2.05) is 12.1 Å². The first-order chi connectivity index (χ1) is 18.3. The molecule has 1 N–H and O–H groups in total. The molecule has 2 heterocycles. The molecule has 2 aromatic carbocycles. The van der Waals surface area contributed by atoms with Gasteiger partial charge in [-0.3, -0.25) is 9.59 Å². The second-order valence-electron chi connectivity index (χ2n) is 9.67. The maximum atomic E-state index is 13.5. The van der Waals surface area contributed by atoms with E-state index in [4.69, 9.17) is 30.3 Å². The van der Waals surface area contributed by atoms with Gasteiger partial charge in [-0.2, -0.15) is 0 Å². The molecule has 0 radical (unpaired) electrons. The van der Waals surface area contributed by atoms with E-state index in [0.717, 1.165) is 30.3 Å². The van der Waals surface area contributed by atoms with Crippen LogP contribution in [0.3, 0.4) is 0 Å². The van der Waals surface area contributed by atoms with Gasteiger partial charge < -0.3 is 28.6 Å². The summed E-state index contributed by atoms with van der Waals surface area (Å²) in [4.78, 5) is 26.4. The van der Waals surface area contributed by atoms with Crippen LogP contribution in [0.25, 0.3) is 21.8 Å². The maximum absolute atomic E-state index is 13.5. The van der Waals surface area contributed by atoms with Crippen LogP contribution in [0, 0.1) is 12.8 Å². The molecule has 10 heteroatoms. The van der Waals surface area contributed by atoms with Crippen molar-refractivity contribution >= 4 is 39.3 Å². The Morgan fingerprint density at radius 1 is 1.13 bits per heavy atom. The van der Waals surface area contributed by atoms with Crippen molar-refractivity contribution in [2.75, 3.05) is 21.3 Å². The fraction of sp³-hybridized carbons (Fsp3) is 0.393. The van der Waals surface area contributed by atoms with Crippen molar-refractivity contribution in [2.24, 2.45) is 5.92 Å². The van der Waals surface area contributed by atoms with Gasteiger partial charge in [0.25, 0.3) is 5.56 Å². The molecule has 200 valence electrons. The lowest BCUT2D eigenvalue weighted by atomic mass is 10.1. The fourth-order valence-corrected chi connectivity index (χ4v) is 5.78. The zero-order valence-electron chi connectivity index (χ0n) is 21.8. The number of carbonyl (C=O) groups excluding carboxylic acids is 1. The van der Waals surface area contributed by atoms with Gasteiger partial charge in [0, 0.05) is 18.0 Å². The SMILES string of the molecule is COc1cc(CC(=O)N[C@@H]2CC[C@H](Cn3c(=O)c4c(C)onc4c4c(Cl)cccc43)C2)cc(OC)c1OC. The zero-order valence-corrected chi connectivity index (χ0v) is 22.6. The van der Waals surface area contributed by atoms with Crippen LogP contribution in [0.4, 0.5) is 0 Å². The first-order valence-electron chi connectivity index (χ1n) is 12.5. The molecule has 5 rings (SSSR count). The Bertz CT molecular complexity index is 1550. The minimum atomic E-state index is -0.136. The lowest BCUT2D eigenvalue weighted by Crippen LogP contribution is -2.34. The molecule has 0 spiro atoms. The third-order valence-corrected chi connectivity index (χ3v) is 7.59. The fourth-order valence-electron chi connectivity index (χ4n) is 5.52. The van der Waals surface area contributed by atoms with Crippen molar-refractivity contribution in [3.05, 3.63) is 57.0 Å². The largest absolute Gasteiger partial charge is 0.493 e. The van der Waals surface area contributed by atoms with Crippen molar-refractivity contribution in [3.8, 4) is 17.2 Å². The van der Waals surface area contributed by atoms with Crippen molar-refractivity contribution in [3.63, 3.8) is 0 Å². The van der Waals surface area contributed by atoms with Crippen molar-refractivity contribution < 1.29 is 23.5 Å². The van der Waals surface area contributed by atoms with Crippen LogP contribution >= 0.6 is 11.6 Å². The molecular weight excluding hydrogens is 510 g/mol. The average molecular weight is 540 g/mol. The number of amides is 1. The molecule has 0 bridgehead atoms. The van der Waals surface area contributed by atoms with Gasteiger partial charge in [-0.25, -0.2) is 0 Å². The summed E-state index contributed by atoms with van der Waals surface area (Å²) in [6.45, 7) is 2.26. The van der Waals surface area contributed by atoms with Crippen molar-refractivity contribution in [1.29, 1.82) is 0 Å². The predicted octanol–water partition coefficient (Wildman–Crippen LogP) is 4.66. The molecule has 1 fully saturated rings. The van der Waals surface area contributed by atoms with E-state index < -0.39 is 0 Å².